The van der Waals surface area contributed by atoms with E-state index in [9.17, 15) is 0 Å². The quantitative estimate of drug-likeness (QED) is 0.626. The molecule has 1 nitrogen and oxygen atoms in total. The van der Waals surface area contributed by atoms with Crippen molar-refractivity contribution in [3.8, 4) is 5.75 Å². The van der Waals surface area contributed by atoms with Crippen LogP contribution >= 0.6 is 0 Å². The molecule has 0 saturated heterocycles. The molecule has 0 aliphatic rings. The molecule has 0 bridgehead atoms. The van der Waals surface area contributed by atoms with E-state index in [-0.39, 0.29) is 0 Å². The largest absolute Gasteiger partial charge is 0.508 e. The van der Waals surface area contributed by atoms with Gasteiger partial charge in [-0.15, -0.1) is 0 Å². The highest BCUT2D eigenvalue weighted by Crippen LogP contribution is 2.15. The number of phenolic OH excluding ortho intramolecular Hbond substituents is 1. The molecule has 0 heterocycles. The third-order valence-corrected chi connectivity index (χ3v) is 1.35. The van der Waals surface area contributed by atoms with E-state index < -0.39 is 0 Å². The average molecular weight is 166 g/mol. The Bertz CT molecular complexity index is 228. The van der Waals surface area contributed by atoms with Crippen molar-refractivity contribution in [2.45, 2.75) is 34.1 Å². The summed E-state index contributed by atoms with van der Waals surface area (Å²) >= 11 is 0. The molecule has 0 aliphatic carbocycles. The zero-order valence-electron chi connectivity index (χ0n) is 8.39. The highest BCUT2D eigenvalue weighted by molar-refractivity contribution is 5.34. The molecule has 12 heavy (non-hydrogen) atoms. The maximum atomic E-state index is 9.04. The zero-order valence-corrected chi connectivity index (χ0v) is 8.39. The van der Waals surface area contributed by atoms with Crippen molar-refractivity contribution in [3.05, 3.63) is 29.3 Å². The van der Waals surface area contributed by atoms with E-state index >= 15 is 0 Å². The molecule has 1 aromatic carbocycles. The summed E-state index contributed by atoms with van der Waals surface area (Å²) in [7, 11) is 0. The lowest BCUT2D eigenvalue weighted by Gasteiger charge is -1.97. The fourth-order valence-electron chi connectivity index (χ4n) is 0.805. The number of rotatable bonds is 0. The molecule has 0 aliphatic heterocycles. The van der Waals surface area contributed by atoms with Crippen LogP contribution < -0.4 is 0 Å². The van der Waals surface area contributed by atoms with E-state index in [0.717, 1.165) is 5.56 Å². The van der Waals surface area contributed by atoms with E-state index in [1.807, 2.05) is 26.0 Å². The molecule has 0 spiro atoms. The Balaban J connectivity index is 0.000000354. The van der Waals surface area contributed by atoms with Crippen molar-refractivity contribution in [3.63, 3.8) is 0 Å². The molecular formula is C11H18O. The van der Waals surface area contributed by atoms with Crippen LogP contribution in [0.4, 0.5) is 0 Å². The molecule has 0 unspecified atom stereocenters. The van der Waals surface area contributed by atoms with Crippen LogP contribution in [-0.2, 0) is 0 Å². The summed E-state index contributed by atoms with van der Waals surface area (Å²) in [5.41, 5.74) is 2.13. The number of aryl methyl sites for hydroxylation is 2. The van der Waals surface area contributed by atoms with Gasteiger partial charge in [0.1, 0.15) is 5.75 Å². The van der Waals surface area contributed by atoms with Gasteiger partial charge in [-0.25, -0.2) is 0 Å². The van der Waals surface area contributed by atoms with Gasteiger partial charge in [0.15, 0.2) is 0 Å². The first kappa shape index (κ1) is 11.0. The van der Waals surface area contributed by atoms with Crippen molar-refractivity contribution in [2.75, 3.05) is 0 Å². The Labute approximate surface area is 75.1 Å². The maximum absolute atomic E-state index is 9.04. The van der Waals surface area contributed by atoms with Gasteiger partial charge >= 0.3 is 0 Å². The van der Waals surface area contributed by atoms with Gasteiger partial charge in [0.25, 0.3) is 0 Å². The van der Waals surface area contributed by atoms with Crippen LogP contribution in [0.3, 0.4) is 0 Å². The lowest BCUT2D eigenvalue weighted by Crippen LogP contribution is -1.75. The van der Waals surface area contributed by atoms with Gasteiger partial charge in [0.05, 0.1) is 0 Å². The summed E-state index contributed by atoms with van der Waals surface area (Å²) in [4.78, 5) is 0. The maximum Gasteiger partial charge on any atom is 0.118 e. The number of hydrogen-bond acceptors (Lipinski definition) is 1. The van der Waals surface area contributed by atoms with Crippen LogP contribution in [0.5, 0.6) is 5.75 Å². The van der Waals surface area contributed by atoms with Crippen molar-refractivity contribution >= 4 is 0 Å². The van der Waals surface area contributed by atoms with E-state index in [1.54, 1.807) is 6.07 Å². The fourth-order valence-corrected chi connectivity index (χ4v) is 0.805. The van der Waals surface area contributed by atoms with E-state index in [1.165, 1.54) is 12.0 Å². The highest BCUT2D eigenvalue weighted by atomic mass is 16.3. The Morgan fingerprint density at radius 1 is 1.17 bits per heavy atom. The van der Waals surface area contributed by atoms with Crippen LogP contribution in [0.25, 0.3) is 0 Å². The molecule has 1 N–H and O–H groups in total. The second-order valence-corrected chi connectivity index (χ2v) is 3.00. The number of benzene rings is 1. The molecule has 68 valence electrons. The third kappa shape index (κ3) is 4.02. The summed E-state index contributed by atoms with van der Waals surface area (Å²) in [5.74, 6) is 0.376. The second-order valence-electron chi connectivity index (χ2n) is 3.00. The smallest absolute Gasteiger partial charge is 0.118 e. The standard InChI is InChI=1S/C8H10O.C3H8/c1-6-3-4-8(9)7(2)5-6;1-3-2/h3-5,9H,1-2H3;3H2,1-2H3. The summed E-state index contributed by atoms with van der Waals surface area (Å²) in [5, 5.41) is 9.04. The van der Waals surface area contributed by atoms with Crippen LogP contribution in [-0.4, -0.2) is 5.11 Å². The molecule has 0 aromatic heterocycles. The molecule has 1 aromatic rings. The van der Waals surface area contributed by atoms with E-state index in [2.05, 4.69) is 13.8 Å². The molecule has 0 radical (unpaired) electrons. The van der Waals surface area contributed by atoms with Gasteiger partial charge in [-0.1, -0.05) is 38.0 Å². The molecule has 0 saturated carbocycles. The predicted molar refractivity (Wildman–Crippen MR) is 53.5 cm³/mol. The highest BCUT2D eigenvalue weighted by Gasteiger charge is 1.91. The topological polar surface area (TPSA) is 20.2 Å². The molecular weight excluding hydrogens is 148 g/mol. The van der Waals surface area contributed by atoms with Gasteiger partial charge in [-0.2, -0.15) is 0 Å². The van der Waals surface area contributed by atoms with Crippen LogP contribution in [0.1, 0.15) is 31.4 Å². The van der Waals surface area contributed by atoms with E-state index in [0.29, 0.717) is 5.75 Å². The first-order valence-electron chi connectivity index (χ1n) is 4.38. The molecule has 0 fully saturated rings. The minimum atomic E-state index is 0.376. The molecule has 1 rings (SSSR count). The summed E-state index contributed by atoms with van der Waals surface area (Å²) < 4.78 is 0. The second kappa shape index (κ2) is 5.64. The van der Waals surface area contributed by atoms with Crippen molar-refractivity contribution in [1.29, 1.82) is 0 Å². The van der Waals surface area contributed by atoms with Crippen molar-refractivity contribution in [1.82, 2.24) is 0 Å². The van der Waals surface area contributed by atoms with Gasteiger partial charge in [-0.05, 0) is 25.5 Å². The Morgan fingerprint density at radius 2 is 1.67 bits per heavy atom. The zero-order chi connectivity index (χ0) is 9.56. The first-order chi connectivity index (χ1) is 5.61. The normalized spacial score (nSPS) is 8.67. The van der Waals surface area contributed by atoms with Crippen LogP contribution in [0, 0.1) is 13.8 Å². The summed E-state index contributed by atoms with van der Waals surface area (Å²) in [6.45, 7) is 8.15. The lowest BCUT2D eigenvalue weighted by atomic mass is 10.1. The summed E-state index contributed by atoms with van der Waals surface area (Å²) in [6, 6.07) is 5.56. The number of hydrogen-bond donors (Lipinski definition) is 1. The van der Waals surface area contributed by atoms with Crippen molar-refractivity contribution in [2.24, 2.45) is 0 Å². The molecule has 1 heteroatoms. The number of aromatic hydroxyl groups is 1. The average Bonchev–Trinajstić information content (AvgIpc) is 1.99. The van der Waals surface area contributed by atoms with Gasteiger partial charge in [-0.3, -0.25) is 0 Å². The summed E-state index contributed by atoms with van der Waals surface area (Å²) in [6.07, 6.45) is 1.25. The number of phenols is 1. The minimum absolute atomic E-state index is 0.376. The van der Waals surface area contributed by atoms with Crippen LogP contribution in [0.15, 0.2) is 18.2 Å². The van der Waals surface area contributed by atoms with Crippen LogP contribution in [0.2, 0.25) is 0 Å². The minimum Gasteiger partial charge on any atom is -0.508 e. The first-order valence-corrected chi connectivity index (χ1v) is 4.38. The van der Waals surface area contributed by atoms with Gasteiger partial charge < -0.3 is 5.11 Å². The Kier molecular flexibility index (Phi) is 5.18. The third-order valence-electron chi connectivity index (χ3n) is 1.35. The van der Waals surface area contributed by atoms with Gasteiger partial charge in [0, 0.05) is 0 Å². The SMILES string of the molecule is CCC.Cc1ccc(O)c(C)c1. The Morgan fingerprint density at radius 3 is 2.00 bits per heavy atom. The monoisotopic (exact) mass is 166 g/mol. The Hall–Kier alpha value is -0.980. The molecule has 0 amide bonds. The fraction of sp³-hybridized carbons (Fsp3) is 0.455. The molecule has 0 atom stereocenters. The lowest BCUT2D eigenvalue weighted by molar-refractivity contribution is 0.471. The van der Waals surface area contributed by atoms with Crippen molar-refractivity contribution < 1.29 is 5.11 Å². The predicted octanol–water partition coefficient (Wildman–Crippen LogP) is 3.43. The van der Waals surface area contributed by atoms with E-state index in [4.69, 9.17) is 5.11 Å². The van der Waals surface area contributed by atoms with Gasteiger partial charge in [0.2, 0.25) is 0 Å².